The average Bonchev–Trinajstić information content (AvgIpc) is 2.19. The van der Waals surface area contributed by atoms with Crippen LogP contribution in [0, 0.1) is 13.8 Å². The highest BCUT2D eigenvalue weighted by molar-refractivity contribution is 5.91. The Morgan fingerprint density at radius 2 is 2.13 bits per heavy atom. The van der Waals surface area contributed by atoms with Crippen molar-refractivity contribution in [2.75, 3.05) is 11.9 Å². The molecule has 0 unspecified atom stereocenters. The van der Waals surface area contributed by atoms with Crippen LogP contribution in [0.3, 0.4) is 0 Å². The van der Waals surface area contributed by atoms with Crippen molar-refractivity contribution < 1.29 is 4.79 Å². The highest BCUT2D eigenvalue weighted by Crippen LogP contribution is 2.16. The van der Waals surface area contributed by atoms with Crippen LogP contribution in [0.4, 0.5) is 5.69 Å². The first-order valence-corrected chi connectivity index (χ1v) is 5.20. The van der Waals surface area contributed by atoms with Crippen LogP contribution in [0.25, 0.3) is 0 Å². The van der Waals surface area contributed by atoms with Crippen LogP contribution in [-0.4, -0.2) is 12.5 Å². The highest BCUT2D eigenvalue weighted by atomic mass is 16.1. The lowest BCUT2D eigenvalue weighted by atomic mass is 10.1. The van der Waals surface area contributed by atoms with Gasteiger partial charge >= 0.3 is 0 Å². The van der Waals surface area contributed by atoms with Gasteiger partial charge in [-0.25, -0.2) is 0 Å². The van der Waals surface area contributed by atoms with Gasteiger partial charge < -0.3 is 11.1 Å². The van der Waals surface area contributed by atoms with E-state index in [1.54, 1.807) is 0 Å². The van der Waals surface area contributed by atoms with Crippen LogP contribution in [-0.2, 0) is 4.79 Å². The van der Waals surface area contributed by atoms with E-state index in [-0.39, 0.29) is 5.91 Å². The van der Waals surface area contributed by atoms with E-state index in [4.69, 9.17) is 5.73 Å². The maximum atomic E-state index is 11.4. The minimum Gasteiger partial charge on any atom is -0.330 e. The molecule has 0 atom stereocenters. The minimum atomic E-state index is 0.0346. The third-order valence-corrected chi connectivity index (χ3v) is 2.26. The second-order valence-electron chi connectivity index (χ2n) is 3.76. The Morgan fingerprint density at radius 3 is 2.73 bits per heavy atom. The molecule has 0 saturated carbocycles. The van der Waals surface area contributed by atoms with Crippen molar-refractivity contribution in [2.24, 2.45) is 5.73 Å². The van der Waals surface area contributed by atoms with Gasteiger partial charge in [-0.05, 0) is 38.4 Å². The maximum absolute atomic E-state index is 11.4. The van der Waals surface area contributed by atoms with Crippen molar-refractivity contribution in [1.29, 1.82) is 0 Å². The Labute approximate surface area is 90.7 Å². The molecular formula is C12H18N2O. The van der Waals surface area contributed by atoms with Gasteiger partial charge in [0.15, 0.2) is 0 Å². The van der Waals surface area contributed by atoms with Gasteiger partial charge in [0.1, 0.15) is 0 Å². The molecule has 1 rings (SSSR count). The van der Waals surface area contributed by atoms with Crippen LogP contribution >= 0.6 is 0 Å². The number of aryl methyl sites for hydroxylation is 2. The van der Waals surface area contributed by atoms with E-state index in [0.29, 0.717) is 13.0 Å². The predicted octanol–water partition coefficient (Wildman–Crippen LogP) is 1.98. The fourth-order valence-electron chi connectivity index (χ4n) is 1.43. The molecule has 1 aromatic carbocycles. The van der Waals surface area contributed by atoms with E-state index >= 15 is 0 Å². The number of benzene rings is 1. The summed E-state index contributed by atoms with van der Waals surface area (Å²) in [5.74, 6) is 0.0346. The number of carbonyl (C=O) groups excluding carboxylic acids is 1. The molecule has 0 aliphatic carbocycles. The molecule has 3 N–H and O–H groups in total. The van der Waals surface area contributed by atoms with Gasteiger partial charge in [-0.2, -0.15) is 0 Å². The van der Waals surface area contributed by atoms with E-state index in [1.807, 2.05) is 26.0 Å². The van der Waals surface area contributed by atoms with Crippen LogP contribution < -0.4 is 11.1 Å². The second-order valence-corrected chi connectivity index (χ2v) is 3.76. The van der Waals surface area contributed by atoms with Gasteiger partial charge in [-0.3, -0.25) is 4.79 Å². The van der Waals surface area contributed by atoms with E-state index in [1.165, 1.54) is 5.56 Å². The summed E-state index contributed by atoms with van der Waals surface area (Å²) >= 11 is 0. The van der Waals surface area contributed by atoms with E-state index in [2.05, 4.69) is 11.4 Å². The number of carbonyl (C=O) groups is 1. The van der Waals surface area contributed by atoms with E-state index in [9.17, 15) is 4.79 Å². The lowest BCUT2D eigenvalue weighted by Gasteiger charge is -2.08. The van der Waals surface area contributed by atoms with E-state index in [0.717, 1.165) is 17.7 Å². The first-order chi connectivity index (χ1) is 7.13. The molecule has 3 heteroatoms. The van der Waals surface area contributed by atoms with Crippen molar-refractivity contribution >= 4 is 11.6 Å². The van der Waals surface area contributed by atoms with Crippen LogP contribution in [0.5, 0.6) is 0 Å². The van der Waals surface area contributed by atoms with Gasteiger partial charge in [-0.15, -0.1) is 0 Å². The fourth-order valence-corrected chi connectivity index (χ4v) is 1.43. The topological polar surface area (TPSA) is 55.1 Å². The molecule has 3 nitrogen and oxygen atoms in total. The molecule has 1 aromatic rings. The summed E-state index contributed by atoms with van der Waals surface area (Å²) < 4.78 is 0. The average molecular weight is 206 g/mol. The second kappa shape index (κ2) is 5.51. The molecule has 0 radical (unpaired) electrons. The Bertz CT molecular complexity index is 347. The van der Waals surface area contributed by atoms with Crippen molar-refractivity contribution in [1.82, 2.24) is 0 Å². The summed E-state index contributed by atoms with van der Waals surface area (Å²) in [6, 6.07) is 5.98. The zero-order valence-corrected chi connectivity index (χ0v) is 9.34. The maximum Gasteiger partial charge on any atom is 0.224 e. The molecule has 0 aromatic heterocycles. The van der Waals surface area contributed by atoms with Crippen molar-refractivity contribution in [3.63, 3.8) is 0 Å². The van der Waals surface area contributed by atoms with Gasteiger partial charge in [0, 0.05) is 12.1 Å². The number of amides is 1. The Kier molecular flexibility index (Phi) is 4.31. The third-order valence-electron chi connectivity index (χ3n) is 2.26. The van der Waals surface area contributed by atoms with Crippen LogP contribution in [0.15, 0.2) is 18.2 Å². The van der Waals surface area contributed by atoms with Gasteiger partial charge in [0.05, 0.1) is 0 Å². The quantitative estimate of drug-likeness (QED) is 0.791. The minimum absolute atomic E-state index is 0.0346. The zero-order chi connectivity index (χ0) is 11.3. The zero-order valence-electron chi connectivity index (χ0n) is 9.34. The molecule has 0 spiro atoms. The summed E-state index contributed by atoms with van der Waals surface area (Å²) in [5.41, 5.74) is 8.53. The summed E-state index contributed by atoms with van der Waals surface area (Å²) in [4.78, 5) is 11.4. The van der Waals surface area contributed by atoms with Crippen molar-refractivity contribution in [3.05, 3.63) is 29.3 Å². The van der Waals surface area contributed by atoms with Crippen molar-refractivity contribution in [3.8, 4) is 0 Å². The van der Waals surface area contributed by atoms with Gasteiger partial charge in [-0.1, -0.05) is 17.7 Å². The number of rotatable bonds is 4. The standard InChI is InChI=1S/C12H18N2O/c1-9-5-6-11(10(2)8-9)14-12(15)4-3-7-13/h5-6,8H,3-4,7,13H2,1-2H3,(H,14,15). The monoisotopic (exact) mass is 206 g/mol. The largest absolute Gasteiger partial charge is 0.330 e. The molecule has 82 valence electrons. The normalized spacial score (nSPS) is 10.1. The SMILES string of the molecule is Cc1ccc(NC(=O)CCCN)c(C)c1. The first-order valence-electron chi connectivity index (χ1n) is 5.20. The van der Waals surface area contributed by atoms with Crippen molar-refractivity contribution in [2.45, 2.75) is 26.7 Å². The Balaban J connectivity index is 2.60. The summed E-state index contributed by atoms with van der Waals surface area (Å²) in [5, 5.41) is 2.88. The Hall–Kier alpha value is -1.35. The van der Waals surface area contributed by atoms with Gasteiger partial charge in [0.2, 0.25) is 5.91 Å². The molecule has 0 bridgehead atoms. The van der Waals surface area contributed by atoms with E-state index < -0.39 is 0 Å². The fraction of sp³-hybridized carbons (Fsp3) is 0.417. The molecule has 0 fully saturated rings. The first kappa shape index (κ1) is 11.7. The number of nitrogens with two attached hydrogens (primary N) is 1. The number of hydrogen-bond donors (Lipinski definition) is 2. The summed E-state index contributed by atoms with van der Waals surface area (Å²) in [6.07, 6.45) is 1.22. The number of nitrogens with one attached hydrogen (secondary N) is 1. The predicted molar refractivity (Wildman–Crippen MR) is 62.8 cm³/mol. The lowest BCUT2D eigenvalue weighted by Crippen LogP contribution is -2.14. The molecule has 0 saturated heterocycles. The highest BCUT2D eigenvalue weighted by Gasteiger charge is 2.03. The molecule has 1 amide bonds. The molecule has 0 heterocycles. The van der Waals surface area contributed by atoms with Crippen LogP contribution in [0.2, 0.25) is 0 Å². The number of hydrogen-bond acceptors (Lipinski definition) is 2. The third kappa shape index (κ3) is 3.72. The summed E-state index contributed by atoms with van der Waals surface area (Å²) in [7, 11) is 0. The lowest BCUT2D eigenvalue weighted by molar-refractivity contribution is -0.116. The van der Waals surface area contributed by atoms with Gasteiger partial charge in [0.25, 0.3) is 0 Å². The van der Waals surface area contributed by atoms with Crippen LogP contribution in [0.1, 0.15) is 24.0 Å². The number of anilines is 1. The molecule has 0 aliphatic heterocycles. The summed E-state index contributed by atoms with van der Waals surface area (Å²) in [6.45, 7) is 4.58. The molecule has 0 aliphatic rings. The smallest absolute Gasteiger partial charge is 0.224 e. The Morgan fingerprint density at radius 1 is 1.40 bits per heavy atom. The molecule has 15 heavy (non-hydrogen) atoms. The molecular weight excluding hydrogens is 188 g/mol.